The van der Waals surface area contributed by atoms with Crippen LogP contribution >= 0.6 is 0 Å². The van der Waals surface area contributed by atoms with Crippen molar-refractivity contribution >= 4 is 11.9 Å². The van der Waals surface area contributed by atoms with Gasteiger partial charge in [0.2, 0.25) is 0 Å². The van der Waals surface area contributed by atoms with Crippen molar-refractivity contribution in [1.82, 2.24) is 4.90 Å². The van der Waals surface area contributed by atoms with Crippen LogP contribution in [0.4, 0.5) is 0 Å². The lowest BCUT2D eigenvalue weighted by molar-refractivity contribution is -0.165. The molecule has 4 N–H and O–H groups in total. The number of rotatable bonds is 9. The van der Waals surface area contributed by atoms with Gasteiger partial charge in [-0.05, 0) is 38.9 Å². The predicted octanol–water partition coefficient (Wildman–Crippen LogP) is 0.396. The second-order valence-electron chi connectivity index (χ2n) is 4.41. The number of nitrogens with zero attached hydrogens (tertiary/aromatic N) is 1. The fourth-order valence-electron chi connectivity index (χ4n) is 1.55. The number of carbonyl (C=O) groups is 2. The molecule has 0 saturated carbocycles. The smallest absolute Gasteiger partial charge is 0.335 e. The number of hydrogen-bond donors (Lipinski definition) is 4. The molecule has 0 aliphatic rings. The average molecular weight is 293 g/mol. The summed E-state index contributed by atoms with van der Waals surface area (Å²) in [6.45, 7) is 10.6. The average Bonchev–Trinajstić information content (AvgIpc) is 2.38. The molecule has 7 nitrogen and oxygen atoms in total. The SMILES string of the molecule is CCCN(CCC)CCC.O=C(O)C(O)C(O)C(=O)O. The molecule has 0 spiro atoms. The van der Waals surface area contributed by atoms with Gasteiger partial charge in [0, 0.05) is 0 Å². The van der Waals surface area contributed by atoms with E-state index in [0.29, 0.717) is 0 Å². The van der Waals surface area contributed by atoms with E-state index in [1.807, 2.05) is 0 Å². The van der Waals surface area contributed by atoms with Crippen molar-refractivity contribution in [3.05, 3.63) is 0 Å². The van der Waals surface area contributed by atoms with Gasteiger partial charge in [0.1, 0.15) is 0 Å². The molecule has 0 fully saturated rings. The first-order valence-electron chi connectivity index (χ1n) is 6.85. The first-order chi connectivity index (χ1) is 9.31. The van der Waals surface area contributed by atoms with E-state index in [2.05, 4.69) is 25.7 Å². The number of aliphatic hydroxyl groups is 2. The number of carboxylic acids is 2. The zero-order chi connectivity index (χ0) is 16.1. The minimum Gasteiger partial charge on any atom is -0.479 e. The van der Waals surface area contributed by atoms with Gasteiger partial charge in [-0.1, -0.05) is 20.8 Å². The number of aliphatic carboxylic acids is 2. The lowest BCUT2D eigenvalue weighted by Crippen LogP contribution is -2.39. The van der Waals surface area contributed by atoms with Crippen LogP contribution in [0.25, 0.3) is 0 Å². The topological polar surface area (TPSA) is 118 Å². The van der Waals surface area contributed by atoms with E-state index >= 15 is 0 Å². The minimum atomic E-state index is -2.27. The Balaban J connectivity index is 0. The van der Waals surface area contributed by atoms with Crippen LogP contribution in [-0.2, 0) is 9.59 Å². The van der Waals surface area contributed by atoms with Gasteiger partial charge >= 0.3 is 11.9 Å². The van der Waals surface area contributed by atoms with Crippen molar-refractivity contribution in [1.29, 1.82) is 0 Å². The van der Waals surface area contributed by atoms with Crippen molar-refractivity contribution in [2.24, 2.45) is 0 Å². The van der Waals surface area contributed by atoms with Crippen molar-refractivity contribution in [3.63, 3.8) is 0 Å². The van der Waals surface area contributed by atoms with Crippen molar-refractivity contribution < 1.29 is 30.0 Å². The molecule has 0 radical (unpaired) electrons. The van der Waals surface area contributed by atoms with Gasteiger partial charge in [-0.25, -0.2) is 9.59 Å². The summed E-state index contributed by atoms with van der Waals surface area (Å²) in [6, 6.07) is 0. The molecular formula is C13H27NO6. The molecule has 0 aromatic carbocycles. The summed E-state index contributed by atoms with van der Waals surface area (Å²) in [5.74, 6) is -3.54. The summed E-state index contributed by atoms with van der Waals surface area (Å²) in [5.41, 5.74) is 0. The van der Waals surface area contributed by atoms with Gasteiger partial charge < -0.3 is 25.3 Å². The van der Waals surface area contributed by atoms with E-state index in [9.17, 15) is 9.59 Å². The van der Waals surface area contributed by atoms with E-state index in [1.165, 1.54) is 38.9 Å². The monoisotopic (exact) mass is 293 g/mol. The summed E-state index contributed by atoms with van der Waals surface area (Å²) < 4.78 is 0. The van der Waals surface area contributed by atoms with Gasteiger partial charge in [-0.2, -0.15) is 0 Å². The van der Waals surface area contributed by atoms with Crippen molar-refractivity contribution in [2.75, 3.05) is 19.6 Å². The normalized spacial score (nSPS) is 13.3. The van der Waals surface area contributed by atoms with E-state index in [0.717, 1.165) is 0 Å². The lowest BCUT2D eigenvalue weighted by Gasteiger charge is -2.19. The molecule has 0 aliphatic carbocycles. The van der Waals surface area contributed by atoms with Crippen molar-refractivity contribution in [3.8, 4) is 0 Å². The van der Waals surface area contributed by atoms with E-state index < -0.39 is 24.1 Å². The zero-order valence-electron chi connectivity index (χ0n) is 12.4. The van der Waals surface area contributed by atoms with E-state index in [1.54, 1.807) is 0 Å². The third kappa shape index (κ3) is 10.7. The predicted molar refractivity (Wildman–Crippen MR) is 74.6 cm³/mol. The van der Waals surface area contributed by atoms with Gasteiger partial charge in [-0.3, -0.25) is 0 Å². The molecule has 120 valence electrons. The highest BCUT2D eigenvalue weighted by Gasteiger charge is 2.29. The summed E-state index contributed by atoms with van der Waals surface area (Å²) in [5, 5.41) is 32.5. The molecular weight excluding hydrogens is 266 g/mol. The van der Waals surface area contributed by atoms with Crippen LogP contribution in [0.15, 0.2) is 0 Å². The van der Waals surface area contributed by atoms with Crippen LogP contribution in [0.3, 0.4) is 0 Å². The highest BCUT2D eigenvalue weighted by Crippen LogP contribution is 1.95. The first kappa shape index (κ1) is 21.1. The fourth-order valence-corrected chi connectivity index (χ4v) is 1.55. The Bertz CT molecular complexity index is 239. The van der Waals surface area contributed by atoms with Crippen LogP contribution in [0.2, 0.25) is 0 Å². The molecule has 2 unspecified atom stereocenters. The van der Waals surface area contributed by atoms with Gasteiger partial charge in [0.15, 0.2) is 12.2 Å². The Morgan fingerprint density at radius 3 is 1.20 bits per heavy atom. The van der Waals surface area contributed by atoms with E-state index in [-0.39, 0.29) is 0 Å². The summed E-state index contributed by atoms with van der Waals surface area (Å²) >= 11 is 0. The number of aliphatic hydroxyl groups excluding tert-OH is 2. The van der Waals surface area contributed by atoms with Crippen molar-refractivity contribution in [2.45, 2.75) is 52.2 Å². The fraction of sp³-hybridized carbons (Fsp3) is 0.846. The Morgan fingerprint density at radius 1 is 0.800 bits per heavy atom. The summed E-state index contributed by atoms with van der Waals surface area (Å²) in [7, 11) is 0. The number of hydrogen-bond acceptors (Lipinski definition) is 5. The molecule has 7 heteroatoms. The van der Waals surface area contributed by atoms with Crippen LogP contribution in [0, 0.1) is 0 Å². The quantitative estimate of drug-likeness (QED) is 0.486. The molecule has 2 atom stereocenters. The Kier molecular flexibility index (Phi) is 13.6. The maximum atomic E-state index is 9.77. The zero-order valence-corrected chi connectivity index (χ0v) is 12.4. The number of carboxylic acid groups (broad SMARTS) is 2. The summed E-state index contributed by atoms with van der Waals surface area (Å²) in [6.07, 6.45) is -0.657. The molecule has 0 aromatic heterocycles. The van der Waals surface area contributed by atoms with E-state index in [4.69, 9.17) is 20.4 Å². The molecule has 0 rings (SSSR count). The molecule has 0 amide bonds. The van der Waals surface area contributed by atoms with Gasteiger partial charge in [0.05, 0.1) is 0 Å². The standard InChI is InChI=1S/C9H21N.C4H6O6/c1-4-7-10(8-5-2)9-6-3;5-1(3(7)8)2(6)4(9)10/h4-9H2,1-3H3;1-2,5-6H,(H,7,8)(H,9,10). The molecule has 0 bridgehead atoms. The molecule has 0 heterocycles. The maximum absolute atomic E-state index is 9.77. The van der Waals surface area contributed by atoms with Crippen LogP contribution in [0.1, 0.15) is 40.0 Å². The minimum absolute atomic E-state index is 1.28. The highest BCUT2D eigenvalue weighted by molar-refractivity contribution is 5.83. The van der Waals surface area contributed by atoms with Crippen LogP contribution < -0.4 is 0 Å². The Morgan fingerprint density at radius 2 is 1.05 bits per heavy atom. The van der Waals surface area contributed by atoms with Crippen LogP contribution in [-0.4, -0.2) is 69.1 Å². The largest absolute Gasteiger partial charge is 0.479 e. The third-order valence-corrected chi connectivity index (χ3v) is 2.42. The molecule has 0 aromatic rings. The third-order valence-electron chi connectivity index (χ3n) is 2.42. The molecule has 0 aliphatic heterocycles. The summed E-state index contributed by atoms with van der Waals surface area (Å²) in [4.78, 5) is 22.1. The first-order valence-corrected chi connectivity index (χ1v) is 6.85. The lowest BCUT2D eigenvalue weighted by atomic mass is 10.2. The van der Waals surface area contributed by atoms with Crippen LogP contribution in [0.5, 0.6) is 0 Å². The second kappa shape index (κ2) is 12.8. The van der Waals surface area contributed by atoms with Gasteiger partial charge in [0.25, 0.3) is 0 Å². The Labute approximate surface area is 119 Å². The second-order valence-corrected chi connectivity index (χ2v) is 4.41. The van der Waals surface area contributed by atoms with Gasteiger partial charge in [-0.15, -0.1) is 0 Å². The maximum Gasteiger partial charge on any atom is 0.335 e. The highest BCUT2D eigenvalue weighted by atomic mass is 16.4. The Hall–Kier alpha value is -1.18. The molecule has 0 saturated heterocycles. The molecule has 20 heavy (non-hydrogen) atoms.